The third-order valence-electron chi connectivity index (χ3n) is 2.83. The van der Waals surface area contributed by atoms with E-state index in [1.807, 2.05) is 23.5 Å². The maximum atomic E-state index is 6.00. The zero-order valence-electron chi connectivity index (χ0n) is 10.7. The second-order valence-electron chi connectivity index (χ2n) is 4.30. The molecule has 0 unspecified atom stereocenters. The number of benzene rings is 1. The van der Waals surface area contributed by atoms with Crippen molar-refractivity contribution in [2.45, 2.75) is 26.4 Å². The van der Waals surface area contributed by atoms with Crippen LogP contribution in [0.2, 0.25) is 10.0 Å². The van der Waals surface area contributed by atoms with Crippen LogP contribution in [0.3, 0.4) is 0 Å². The van der Waals surface area contributed by atoms with Gasteiger partial charge < -0.3 is 11.1 Å². The summed E-state index contributed by atoms with van der Waals surface area (Å²) in [5.41, 5.74) is 7.19. The molecule has 1 aromatic heterocycles. The Balaban J connectivity index is 1.92. The third kappa shape index (κ3) is 3.86. The molecule has 0 saturated heterocycles. The lowest BCUT2D eigenvalue weighted by Crippen LogP contribution is -2.11. The maximum absolute atomic E-state index is 6.00. The Kier molecular flexibility index (Phi) is 5.11. The van der Waals surface area contributed by atoms with Gasteiger partial charge in [-0.2, -0.15) is 0 Å². The Labute approximate surface area is 127 Å². The van der Waals surface area contributed by atoms with Crippen LogP contribution in [0.25, 0.3) is 0 Å². The van der Waals surface area contributed by atoms with Gasteiger partial charge in [-0.1, -0.05) is 30.1 Å². The highest BCUT2D eigenvalue weighted by atomic mass is 35.5. The Morgan fingerprint density at radius 2 is 1.74 bits per heavy atom. The van der Waals surface area contributed by atoms with E-state index in [-0.39, 0.29) is 0 Å². The number of halogens is 2. The van der Waals surface area contributed by atoms with Crippen molar-refractivity contribution < 1.29 is 0 Å². The Morgan fingerprint density at radius 1 is 1.11 bits per heavy atom. The first kappa shape index (κ1) is 14.7. The lowest BCUT2D eigenvalue weighted by Gasteiger charge is -2.07. The number of rotatable bonds is 5. The van der Waals surface area contributed by atoms with Crippen LogP contribution >= 0.6 is 34.5 Å². The van der Waals surface area contributed by atoms with Crippen LogP contribution in [0.5, 0.6) is 0 Å². The van der Waals surface area contributed by atoms with Crippen LogP contribution < -0.4 is 11.1 Å². The molecule has 2 nitrogen and oxygen atoms in total. The second kappa shape index (κ2) is 6.62. The lowest BCUT2D eigenvalue weighted by atomic mass is 10.2. The molecule has 0 saturated carbocycles. The number of aryl methyl sites for hydroxylation is 1. The van der Waals surface area contributed by atoms with Gasteiger partial charge in [-0.15, -0.1) is 11.3 Å². The molecule has 0 aliphatic rings. The van der Waals surface area contributed by atoms with Gasteiger partial charge in [-0.3, -0.25) is 0 Å². The zero-order valence-corrected chi connectivity index (χ0v) is 13.0. The standard InChI is InChI=1S/C14H16Cl2N2S/c1-2-10-3-4-11(19-10)8-18-7-9-5-12(15)14(17)13(16)6-9/h3-6,18H,2,7-8,17H2,1H3. The van der Waals surface area contributed by atoms with Gasteiger partial charge in [0.1, 0.15) is 0 Å². The van der Waals surface area contributed by atoms with Crippen molar-refractivity contribution in [3.63, 3.8) is 0 Å². The van der Waals surface area contributed by atoms with Crippen LogP contribution in [0.15, 0.2) is 24.3 Å². The molecule has 3 N–H and O–H groups in total. The molecule has 2 rings (SSSR count). The first-order valence-corrected chi connectivity index (χ1v) is 7.69. The molecule has 0 bridgehead atoms. The van der Waals surface area contributed by atoms with Crippen LogP contribution in [-0.4, -0.2) is 0 Å². The van der Waals surface area contributed by atoms with Crippen LogP contribution in [0.4, 0.5) is 5.69 Å². The van der Waals surface area contributed by atoms with Gasteiger partial charge in [-0.25, -0.2) is 0 Å². The monoisotopic (exact) mass is 314 g/mol. The molecule has 1 aromatic carbocycles. The molecule has 0 aliphatic heterocycles. The number of anilines is 1. The summed E-state index contributed by atoms with van der Waals surface area (Å²) in [7, 11) is 0. The van der Waals surface area contributed by atoms with E-state index < -0.39 is 0 Å². The van der Waals surface area contributed by atoms with Gasteiger partial charge in [-0.05, 0) is 36.2 Å². The number of thiophene rings is 1. The van der Waals surface area contributed by atoms with Crippen LogP contribution in [-0.2, 0) is 19.5 Å². The quantitative estimate of drug-likeness (QED) is 0.798. The summed E-state index contributed by atoms with van der Waals surface area (Å²) in [5, 5.41) is 4.40. The zero-order chi connectivity index (χ0) is 13.8. The lowest BCUT2D eigenvalue weighted by molar-refractivity contribution is 0.701. The summed E-state index contributed by atoms with van der Waals surface area (Å²) in [5.74, 6) is 0. The molecule has 19 heavy (non-hydrogen) atoms. The normalized spacial score (nSPS) is 10.9. The summed E-state index contributed by atoms with van der Waals surface area (Å²) in [6.45, 7) is 3.74. The molecule has 0 fully saturated rings. The molecule has 0 atom stereocenters. The predicted octanol–water partition coefficient (Wildman–Crippen LogP) is 4.49. The molecule has 0 amide bonds. The van der Waals surface area contributed by atoms with Gasteiger partial charge in [0.25, 0.3) is 0 Å². The van der Waals surface area contributed by atoms with Crippen molar-refractivity contribution in [2.75, 3.05) is 5.73 Å². The molecule has 0 aliphatic carbocycles. The molecule has 102 valence electrons. The first-order valence-electron chi connectivity index (χ1n) is 6.12. The fourth-order valence-electron chi connectivity index (χ4n) is 1.78. The van der Waals surface area contributed by atoms with E-state index in [9.17, 15) is 0 Å². The average Bonchev–Trinajstić information content (AvgIpc) is 2.84. The van der Waals surface area contributed by atoms with Crippen molar-refractivity contribution in [1.29, 1.82) is 0 Å². The first-order chi connectivity index (χ1) is 9.10. The molecule has 0 spiro atoms. The molecular weight excluding hydrogens is 299 g/mol. The number of nitrogens with two attached hydrogens (primary N) is 1. The van der Waals surface area contributed by atoms with Crippen LogP contribution in [0.1, 0.15) is 22.2 Å². The summed E-state index contributed by atoms with van der Waals surface area (Å²) in [6.07, 6.45) is 1.09. The van der Waals surface area contributed by atoms with Gasteiger partial charge in [0.15, 0.2) is 0 Å². The van der Waals surface area contributed by atoms with Gasteiger partial charge in [0.05, 0.1) is 15.7 Å². The largest absolute Gasteiger partial charge is 0.396 e. The van der Waals surface area contributed by atoms with Gasteiger partial charge >= 0.3 is 0 Å². The Bertz CT molecular complexity index is 543. The molecular formula is C14H16Cl2N2S. The molecule has 0 radical (unpaired) electrons. The fraction of sp³-hybridized carbons (Fsp3) is 0.286. The third-order valence-corrected chi connectivity index (χ3v) is 4.69. The summed E-state index contributed by atoms with van der Waals surface area (Å²) < 4.78 is 0. The fourth-order valence-corrected chi connectivity index (χ4v) is 3.24. The van der Waals surface area contributed by atoms with Crippen molar-refractivity contribution in [1.82, 2.24) is 5.32 Å². The number of nitrogen functional groups attached to an aromatic ring is 1. The molecule has 2 aromatic rings. The Hall–Kier alpha value is -0.740. The number of hydrogen-bond donors (Lipinski definition) is 2. The van der Waals surface area contributed by atoms with E-state index in [2.05, 4.69) is 24.4 Å². The molecule has 1 heterocycles. The minimum absolute atomic E-state index is 0.443. The van der Waals surface area contributed by atoms with Crippen LogP contribution in [0, 0.1) is 0 Å². The highest BCUT2D eigenvalue weighted by Crippen LogP contribution is 2.28. The predicted molar refractivity (Wildman–Crippen MR) is 85.1 cm³/mol. The van der Waals surface area contributed by atoms with E-state index in [0.29, 0.717) is 15.7 Å². The Morgan fingerprint density at radius 3 is 2.32 bits per heavy atom. The van der Waals surface area contributed by atoms with Gasteiger partial charge in [0.2, 0.25) is 0 Å². The van der Waals surface area contributed by atoms with E-state index >= 15 is 0 Å². The summed E-state index contributed by atoms with van der Waals surface area (Å²) in [6, 6.07) is 8.04. The number of hydrogen-bond acceptors (Lipinski definition) is 3. The van der Waals surface area contributed by atoms with Gasteiger partial charge in [0, 0.05) is 22.8 Å². The van der Waals surface area contributed by atoms with E-state index in [1.165, 1.54) is 9.75 Å². The van der Waals surface area contributed by atoms with Crippen molar-refractivity contribution >= 4 is 40.2 Å². The maximum Gasteiger partial charge on any atom is 0.0693 e. The SMILES string of the molecule is CCc1ccc(CNCc2cc(Cl)c(N)c(Cl)c2)s1. The minimum atomic E-state index is 0.443. The van der Waals surface area contributed by atoms with Crippen molar-refractivity contribution in [3.8, 4) is 0 Å². The highest BCUT2D eigenvalue weighted by Gasteiger charge is 2.05. The number of nitrogens with one attached hydrogen (secondary N) is 1. The van der Waals surface area contributed by atoms with E-state index in [0.717, 1.165) is 25.1 Å². The average molecular weight is 315 g/mol. The van der Waals surface area contributed by atoms with E-state index in [4.69, 9.17) is 28.9 Å². The second-order valence-corrected chi connectivity index (χ2v) is 6.37. The molecule has 5 heteroatoms. The summed E-state index contributed by atoms with van der Waals surface area (Å²) in [4.78, 5) is 2.75. The van der Waals surface area contributed by atoms with Crippen molar-refractivity contribution in [3.05, 3.63) is 49.6 Å². The van der Waals surface area contributed by atoms with Crippen molar-refractivity contribution in [2.24, 2.45) is 0 Å². The summed E-state index contributed by atoms with van der Waals surface area (Å²) >= 11 is 13.8. The van der Waals surface area contributed by atoms with E-state index in [1.54, 1.807) is 0 Å². The minimum Gasteiger partial charge on any atom is -0.396 e. The topological polar surface area (TPSA) is 38.0 Å². The smallest absolute Gasteiger partial charge is 0.0693 e. The highest BCUT2D eigenvalue weighted by molar-refractivity contribution is 7.11.